The van der Waals surface area contributed by atoms with E-state index in [4.69, 9.17) is 16.3 Å². The molecule has 0 spiro atoms. The molecule has 0 bridgehead atoms. The predicted octanol–water partition coefficient (Wildman–Crippen LogP) is 4.37. The minimum Gasteiger partial charge on any atom is -0.497 e. The molecule has 1 amide bonds. The van der Waals surface area contributed by atoms with Gasteiger partial charge < -0.3 is 10.1 Å². The number of benzene rings is 2. The summed E-state index contributed by atoms with van der Waals surface area (Å²) in [7, 11) is 1.65. The van der Waals surface area contributed by atoms with Gasteiger partial charge in [-0.15, -0.1) is 11.3 Å². The van der Waals surface area contributed by atoms with Crippen LogP contribution < -0.4 is 10.1 Å². The Morgan fingerprint density at radius 3 is 2.58 bits per heavy atom. The first-order valence-corrected chi connectivity index (χ1v) is 9.50. The van der Waals surface area contributed by atoms with E-state index < -0.39 is 0 Å². The third-order valence-corrected chi connectivity index (χ3v) is 5.06. The number of carbonyl (C=O) groups excluding carboxylic acids is 1. The molecule has 1 aromatic heterocycles. The van der Waals surface area contributed by atoms with E-state index in [-0.39, 0.29) is 5.91 Å². The van der Waals surface area contributed by atoms with Crippen LogP contribution in [0.5, 0.6) is 5.75 Å². The molecule has 26 heavy (non-hydrogen) atoms. The number of hydrogen-bond acceptors (Lipinski definition) is 4. The molecule has 0 fully saturated rings. The van der Waals surface area contributed by atoms with Crippen LogP contribution in [0.25, 0.3) is 10.6 Å². The van der Waals surface area contributed by atoms with Crippen molar-refractivity contribution in [3.05, 3.63) is 70.2 Å². The number of hydrogen-bond donors (Lipinski definition) is 1. The summed E-state index contributed by atoms with van der Waals surface area (Å²) in [6.45, 7) is 0.568. The summed E-state index contributed by atoms with van der Waals surface area (Å²) >= 11 is 7.45. The highest BCUT2D eigenvalue weighted by molar-refractivity contribution is 7.13. The molecule has 1 N–H and O–H groups in total. The largest absolute Gasteiger partial charge is 0.497 e. The van der Waals surface area contributed by atoms with E-state index in [0.29, 0.717) is 24.4 Å². The fourth-order valence-corrected chi connectivity index (χ4v) is 3.45. The van der Waals surface area contributed by atoms with Crippen molar-refractivity contribution in [1.82, 2.24) is 10.3 Å². The molecule has 1 heterocycles. The maximum Gasteiger partial charge on any atom is 0.224 e. The molecule has 0 atom stereocenters. The van der Waals surface area contributed by atoms with Gasteiger partial charge >= 0.3 is 0 Å². The molecule has 0 unspecified atom stereocenters. The molecule has 134 valence electrons. The van der Waals surface area contributed by atoms with Gasteiger partial charge in [0.1, 0.15) is 10.8 Å². The topological polar surface area (TPSA) is 51.2 Å². The van der Waals surface area contributed by atoms with E-state index in [2.05, 4.69) is 10.3 Å². The van der Waals surface area contributed by atoms with Crippen molar-refractivity contribution < 1.29 is 9.53 Å². The zero-order chi connectivity index (χ0) is 18.4. The number of amides is 1. The Bertz CT molecular complexity index is 860. The lowest BCUT2D eigenvalue weighted by Gasteiger charge is -2.04. The third-order valence-electron chi connectivity index (χ3n) is 3.87. The second-order valence-electron chi connectivity index (χ2n) is 5.78. The maximum absolute atomic E-state index is 12.0. The van der Waals surface area contributed by atoms with Gasteiger partial charge in [0.15, 0.2) is 0 Å². The summed E-state index contributed by atoms with van der Waals surface area (Å²) in [5.41, 5.74) is 2.99. The molecule has 0 aliphatic carbocycles. The van der Waals surface area contributed by atoms with E-state index in [1.54, 1.807) is 30.6 Å². The Morgan fingerprint density at radius 1 is 1.15 bits per heavy atom. The van der Waals surface area contributed by atoms with Crippen LogP contribution in [0.15, 0.2) is 53.9 Å². The van der Waals surface area contributed by atoms with E-state index in [9.17, 15) is 4.79 Å². The van der Waals surface area contributed by atoms with E-state index in [0.717, 1.165) is 27.6 Å². The number of rotatable bonds is 7. The van der Waals surface area contributed by atoms with E-state index in [1.165, 1.54) is 0 Å². The van der Waals surface area contributed by atoms with Crippen molar-refractivity contribution in [3.8, 4) is 16.3 Å². The first-order valence-electron chi connectivity index (χ1n) is 8.24. The van der Waals surface area contributed by atoms with Gasteiger partial charge in [-0.25, -0.2) is 4.98 Å². The van der Waals surface area contributed by atoms with Crippen molar-refractivity contribution in [3.63, 3.8) is 0 Å². The van der Waals surface area contributed by atoms with Crippen LogP contribution in [-0.2, 0) is 17.6 Å². The molecule has 0 aliphatic rings. The normalized spacial score (nSPS) is 10.5. The van der Waals surface area contributed by atoms with Gasteiger partial charge in [0.2, 0.25) is 5.91 Å². The Morgan fingerprint density at radius 2 is 1.88 bits per heavy atom. The molecule has 3 rings (SSSR count). The quantitative estimate of drug-likeness (QED) is 0.655. The Balaban J connectivity index is 1.48. The average Bonchev–Trinajstić information content (AvgIpc) is 3.12. The molecular formula is C20H19ClN2O2S. The Labute approximate surface area is 161 Å². The average molecular weight is 387 g/mol. The maximum atomic E-state index is 12.0. The van der Waals surface area contributed by atoms with Crippen molar-refractivity contribution in [1.29, 1.82) is 0 Å². The number of nitrogens with one attached hydrogen (secondary N) is 1. The van der Waals surface area contributed by atoms with Crippen LogP contribution in [0.3, 0.4) is 0 Å². The minimum absolute atomic E-state index is 0.00192. The number of carbonyl (C=O) groups is 1. The molecule has 6 heteroatoms. The summed E-state index contributed by atoms with van der Waals surface area (Å²) in [6.07, 6.45) is 1.06. The summed E-state index contributed by atoms with van der Waals surface area (Å²) < 4.78 is 5.17. The number of ether oxygens (including phenoxy) is 1. The van der Waals surface area contributed by atoms with Crippen molar-refractivity contribution in [2.24, 2.45) is 0 Å². The van der Waals surface area contributed by atoms with Crippen molar-refractivity contribution >= 4 is 28.8 Å². The molecule has 0 saturated carbocycles. The van der Waals surface area contributed by atoms with E-state index >= 15 is 0 Å². The first kappa shape index (κ1) is 18.4. The monoisotopic (exact) mass is 386 g/mol. The highest BCUT2D eigenvalue weighted by atomic mass is 35.5. The van der Waals surface area contributed by atoms with Gasteiger partial charge in [0.05, 0.1) is 19.2 Å². The van der Waals surface area contributed by atoms with Crippen molar-refractivity contribution in [2.75, 3.05) is 13.7 Å². The Hall–Kier alpha value is -2.37. The lowest BCUT2D eigenvalue weighted by atomic mass is 10.1. The molecular weight excluding hydrogens is 368 g/mol. The SMILES string of the molecule is COc1ccc(-c2nc(CCNC(=O)Cc3ccc(Cl)cc3)cs2)cc1. The lowest BCUT2D eigenvalue weighted by Crippen LogP contribution is -2.27. The van der Waals surface area contributed by atoms with Gasteiger partial charge in [-0.05, 0) is 42.0 Å². The zero-order valence-corrected chi connectivity index (χ0v) is 15.9. The summed E-state index contributed by atoms with van der Waals surface area (Å²) in [6, 6.07) is 15.2. The fourth-order valence-electron chi connectivity index (χ4n) is 2.47. The number of nitrogens with zero attached hydrogens (tertiary/aromatic N) is 1. The lowest BCUT2D eigenvalue weighted by molar-refractivity contribution is -0.120. The summed E-state index contributed by atoms with van der Waals surface area (Å²) in [4.78, 5) is 16.6. The summed E-state index contributed by atoms with van der Waals surface area (Å²) in [5.74, 6) is 0.826. The second-order valence-corrected chi connectivity index (χ2v) is 7.07. The van der Waals surface area contributed by atoms with Gasteiger partial charge in [0, 0.05) is 28.9 Å². The van der Waals surface area contributed by atoms with Gasteiger partial charge in [0.25, 0.3) is 0 Å². The van der Waals surface area contributed by atoms with Gasteiger partial charge in [-0.3, -0.25) is 4.79 Å². The van der Waals surface area contributed by atoms with Crippen LogP contribution in [0.1, 0.15) is 11.3 Å². The first-order chi connectivity index (χ1) is 12.6. The van der Waals surface area contributed by atoms with Crippen LogP contribution >= 0.6 is 22.9 Å². The standard InChI is InChI=1S/C20H19ClN2O2S/c1-25-18-8-4-15(5-9-18)20-23-17(13-26-20)10-11-22-19(24)12-14-2-6-16(21)7-3-14/h2-9,13H,10-12H2,1H3,(H,22,24). The van der Waals surface area contributed by atoms with Gasteiger partial charge in [-0.2, -0.15) is 0 Å². The van der Waals surface area contributed by atoms with Crippen LogP contribution in [0, 0.1) is 0 Å². The molecule has 4 nitrogen and oxygen atoms in total. The molecule has 0 aliphatic heterocycles. The van der Waals surface area contributed by atoms with Crippen LogP contribution in [0.2, 0.25) is 5.02 Å². The van der Waals surface area contributed by atoms with Gasteiger partial charge in [-0.1, -0.05) is 23.7 Å². The highest BCUT2D eigenvalue weighted by Gasteiger charge is 2.07. The molecule has 2 aromatic carbocycles. The number of halogens is 1. The second kappa shape index (κ2) is 8.83. The predicted molar refractivity (Wildman–Crippen MR) is 106 cm³/mol. The summed E-state index contributed by atoms with van der Waals surface area (Å²) in [5, 5.41) is 6.61. The van der Waals surface area contributed by atoms with E-state index in [1.807, 2.05) is 41.8 Å². The van der Waals surface area contributed by atoms with Crippen LogP contribution in [-0.4, -0.2) is 24.5 Å². The molecule has 0 radical (unpaired) electrons. The number of thiazole rings is 1. The smallest absolute Gasteiger partial charge is 0.224 e. The fraction of sp³-hybridized carbons (Fsp3) is 0.200. The Kier molecular flexibility index (Phi) is 6.26. The number of aromatic nitrogens is 1. The van der Waals surface area contributed by atoms with Crippen molar-refractivity contribution in [2.45, 2.75) is 12.8 Å². The zero-order valence-electron chi connectivity index (χ0n) is 14.4. The minimum atomic E-state index is -0.00192. The highest BCUT2D eigenvalue weighted by Crippen LogP contribution is 2.25. The van der Waals surface area contributed by atoms with Crippen LogP contribution in [0.4, 0.5) is 0 Å². The molecule has 3 aromatic rings. The third kappa shape index (κ3) is 5.07. The molecule has 0 saturated heterocycles. The number of methoxy groups -OCH3 is 1.